The van der Waals surface area contributed by atoms with Crippen LogP contribution < -0.4 is 5.73 Å². The topological polar surface area (TPSA) is 59.4 Å². The van der Waals surface area contributed by atoms with E-state index in [1.54, 1.807) is 0 Å². The van der Waals surface area contributed by atoms with Gasteiger partial charge in [0.15, 0.2) is 5.96 Å². The van der Waals surface area contributed by atoms with Gasteiger partial charge in [0.2, 0.25) is 0 Å². The zero-order chi connectivity index (χ0) is 11.3. The van der Waals surface area contributed by atoms with E-state index in [1.807, 2.05) is 17.9 Å². The van der Waals surface area contributed by atoms with E-state index >= 15 is 0 Å². The van der Waals surface area contributed by atoms with Crippen LogP contribution in [-0.4, -0.2) is 33.2 Å². The van der Waals surface area contributed by atoms with Gasteiger partial charge in [-0.1, -0.05) is 0 Å². The first-order valence-corrected chi connectivity index (χ1v) is 5.75. The predicted molar refractivity (Wildman–Crippen MR) is 62.0 cm³/mol. The Balaban J connectivity index is 1.93. The Morgan fingerprint density at radius 3 is 2.75 bits per heavy atom. The van der Waals surface area contributed by atoms with E-state index in [-0.39, 0.29) is 0 Å². The van der Waals surface area contributed by atoms with E-state index in [0.29, 0.717) is 18.0 Å². The van der Waals surface area contributed by atoms with Gasteiger partial charge >= 0.3 is 0 Å². The molecule has 3 rings (SSSR count). The lowest BCUT2D eigenvalue weighted by Gasteiger charge is -2.25. The number of rotatable bonds is 2. The summed E-state index contributed by atoms with van der Waals surface area (Å²) in [5, 5.41) is 4.30. The maximum absolute atomic E-state index is 5.95. The van der Waals surface area contributed by atoms with Gasteiger partial charge in [-0.2, -0.15) is 5.10 Å². The largest absolute Gasteiger partial charge is 0.370 e. The lowest BCUT2D eigenvalue weighted by Crippen LogP contribution is -2.37. The first kappa shape index (κ1) is 9.69. The van der Waals surface area contributed by atoms with Crippen molar-refractivity contribution in [3.8, 4) is 0 Å². The second kappa shape index (κ2) is 3.23. The molecule has 1 aromatic heterocycles. The molecule has 0 bridgehead atoms. The zero-order valence-electron chi connectivity index (χ0n) is 9.72. The molecule has 2 N–H and O–H groups in total. The SMILES string of the molecule is Cc1c(C2CN=C(N)N2C2CC2)cnn1C. The molecule has 0 amide bonds. The molecule has 2 aliphatic rings. The average Bonchev–Trinajstić information content (AvgIpc) is 2.96. The summed E-state index contributed by atoms with van der Waals surface area (Å²) in [6.45, 7) is 2.87. The molecule has 5 nitrogen and oxygen atoms in total. The second-order valence-corrected chi connectivity index (χ2v) is 4.66. The van der Waals surface area contributed by atoms with Gasteiger partial charge in [0, 0.05) is 24.3 Å². The van der Waals surface area contributed by atoms with Crippen LogP contribution in [0.3, 0.4) is 0 Å². The van der Waals surface area contributed by atoms with Crippen LogP contribution in [0.25, 0.3) is 0 Å². The Morgan fingerprint density at radius 2 is 2.19 bits per heavy atom. The number of hydrogen-bond donors (Lipinski definition) is 1. The Hall–Kier alpha value is -1.52. The second-order valence-electron chi connectivity index (χ2n) is 4.66. The monoisotopic (exact) mass is 219 g/mol. The lowest BCUT2D eigenvalue weighted by molar-refractivity contribution is 0.337. The van der Waals surface area contributed by atoms with Crippen LogP contribution in [0.2, 0.25) is 0 Å². The molecule has 1 atom stereocenters. The molecule has 1 aliphatic carbocycles. The number of aromatic nitrogens is 2. The summed E-state index contributed by atoms with van der Waals surface area (Å²) >= 11 is 0. The van der Waals surface area contributed by atoms with Crippen molar-refractivity contribution >= 4 is 5.96 Å². The third kappa shape index (κ3) is 1.31. The summed E-state index contributed by atoms with van der Waals surface area (Å²) in [5.41, 5.74) is 8.42. The fourth-order valence-corrected chi connectivity index (χ4v) is 2.39. The molecular weight excluding hydrogens is 202 g/mol. The molecule has 16 heavy (non-hydrogen) atoms. The molecule has 0 aromatic carbocycles. The fourth-order valence-electron chi connectivity index (χ4n) is 2.39. The first-order chi connectivity index (χ1) is 7.68. The molecule has 2 heterocycles. The summed E-state index contributed by atoms with van der Waals surface area (Å²) < 4.78 is 1.91. The summed E-state index contributed by atoms with van der Waals surface area (Å²) in [4.78, 5) is 6.64. The molecule has 86 valence electrons. The van der Waals surface area contributed by atoms with Gasteiger partial charge in [-0.15, -0.1) is 0 Å². The highest BCUT2D eigenvalue weighted by atomic mass is 15.4. The molecule has 1 saturated carbocycles. The van der Waals surface area contributed by atoms with Crippen molar-refractivity contribution in [2.24, 2.45) is 17.8 Å². The third-order valence-electron chi connectivity index (χ3n) is 3.60. The zero-order valence-corrected chi connectivity index (χ0v) is 9.72. The molecule has 1 aromatic rings. The number of hydrogen-bond acceptors (Lipinski definition) is 4. The number of nitrogens with two attached hydrogens (primary N) is 1. The molecule has 5 heteroatoms. The minimum absolute atomic E-state index is 0.307. The maximum atomic E-state index is 5.95. The van der Waals surface area contributed by atoms with Crippen LogP contribution in [0, 0.1) is 6.92 Å². The van der Waals surface area contributed by atoms with E-state index in [9.17, 15) is 0 Å². The number of aryl methyl sites for hydroxylation is 1. The van der Waals surface area contributed by atoms with Crippen LogP contribution in [-0.2, 0) is 7.05 Å². The van der Waals surface area contributed by atoms with Gasteiger partial charge in [0.1, 0.15) is 0 Å². The van der Waals surface area contributed by atoms with Crippen molar-refractivity contribution < 1.29 is 0 Å². The van der Waals surface area contributed by atoms with E-state index < -0.39 is 0 Å². The van der Waals surface area contributed by atoms with Crippen molar-refractivity contribution in [3.05, 3.63) is 17.5 Å². The standard InChI is InChI=1S/C11H17N5/c1-7-9(5-14-15(7)2)10-6-13-11(12)16(10)8-3-4-8/h5,8,10H,3-4,6H2,1-2H3,(H2,12,13). The van der Waals surface area contributed by atoms with Gasteiger partial charge in [-0.3, -0.25) is 9.67 Å². The molecule has 1 unspecified atom stereocenters. The van der Waals surface area contributed by atoms with Gasteiger partial charge in [-0.05, 0) is 19.8 Å². The van der Waals surface area contributed by atoms with Crippen LogP contribution in [0.15, 0.2) is 11.2 Å². The normalized spacial score (nSPS) is 25.0. The average molecular weight is 219 g/mol. The molecule has 0 saturated heterocycles. The maximum Gasteiger partial charge on any atom is 0.192 e. The predicted octanol–water partition coefficient (Wildman–Crippen LogP) is 0.562. The first-order valence-electron chi connectivity index (χ1n) is 5.75. The fraction of sp³-hybridized carbons (Fsp3) is 0.636. The van der Waals surface area contributed by atoms with Crippen LogP contribution in [0.5, 0.6) is 0 Å². The molecule has 1 fully saturated rings. The third-order valence-corrected chi connectivity index (χ3v) is 3.60. The number of guanidine groups is 1. The van der Waals surface area contributed by atoms with E-state index in [4.69, 9.17) is 5.73 Å². The quantitative estimate of drug-likeness (QED) is 0.790. The lowest BCUT2D eigenvalue weighted by atomic mass is 10.1. The minimum atomic E-state index is 0.307. The Bertz CT molecular complexity index is 443. The van der Waals surface area contributed by atoms with Crippen LogP contribution in [0.1, 0.15) is 30.1 Å². The number of nitrogens with zero attached hydrogens (tertiary/aromatic N) is 4. The van der Waals surface area contributed by atoms with Gasteiger partial charge in [-0.25, -0.2) is 0 Å². The van der Waals surface area contributed by atoms with E-state index in [2.05, 4.69) is 21.9 Å². The van der Waals surface area contributed by atoms with Crippen molar-refractivity contribution in [3.63, 3.8) is 0 Å². The van der Waals surface area contributed by atoms with Crippen molar-refractivity contribution in [2.45, 2.75) is 31.8 Å². The van der Waals surface area contributed by atoms with Crippen LogP contribution in [0.4, 0.5) is 0 Å². The van der Waals surface area contributed by atoms with E-state index in [1.165, 1.54) is 24.1 Å². The van der Waals surface area contributed by atoms with Crippen LogP contribution >= 0.6 is 0 Å². The number of aliphatic imine (C=N–C) groups is 1. The highest BCUT2D eigenvalue weighted by molar-refractivity contribution is 5.81. The summed E-state index contributed by atoms with van der Waals surface area (Å²) in [6, 6.07) is 0.914. The molecule has 1 aliphatic heterocycles. The molecular formula is C11H17N5. The Morgan fingerprint density at radius 1 is 1.44 bits per heavy atom. The van der Waals surface area contributed by atoms with Crippen molar-refractivity contribution in [2.75, 3.05) is 6.54 Å². The minimum Gasteiger partial charge on any atom is -0.370 e. The summed E-state index contributed by atoms with van der Waals surface area (Å²) in [6.07, 6.45) is 4.43. The highest BCUT2D eigenvalue weighted by Gasteiger charge is 2.39. The van der Waals surface area contributed by atoms with E-state index in [0.717, 1.165) is 6.54 Å². The van der Waals surface area contributed by atoms with Crippen molar-refractivity contribution in [1.82, 2.24) is 14.7 Å². The summed E-state index contributed by atoms with van der Waals surface area (Å²) in [5.74, 6) is 0.704. The Kier molecular flexibility index (Phi) is 1.96. The van der Waals surface area contributed by atoms with Gasteiger partial charge in [0.05, 0.1) is 18.8 Å². The molecule has 0 radical (unpaired) electrons. The van der Waals surface area contributed by atoms with Crippen molar-refractivity contribution in [1.29, 1.82) is 0 Å². The van der Waals surface area contributed by atoms with Gasteiger partial charge in [0.25, 0.3) is 0 Å². The van der Waals surface area contributed by atoms with Gasteiger partial charge < -0.3 is 10.6 Å². The summed E-state index contributed by atoms with van der Waals surface area (Å²) in [7, 11) is 1.97. The highest BCUT2D eigenvalue weighted by Crippen LogP contribution is 2.37. The molecule has 0 spiro atoms. The smallest absolute Gasteiger partial charge is 0.192 e. The Labute approximate surface area is 94.9 Å².